The van der Waals surface area contributed by atoms with E-state index in [1.165, 1.54) is 11.1 Å². The zero-order valence-electron chi connectivity index (χ0n) is 14.1. The van der Waals surface area contributed by atoms with E-state index in [0.717, 1.165) is 32.5 Å². The van der Waals surface area contributed by atoms with E-state index in [2.05, 4.69) is 31.3 Å². The highest BCUT2D eigenvalue weighted by molar-refractivity contribution is 5.80. The predicted octanol–water partition coefficient (Wildman–Crippen LogP) is 2.62. The molecule has 0 bridgehead atoms. The lowest BCUT2D eigenvalue weighted by atomic mass is 9.77. The number of likely N-dealkylation sites (tertiary alicyclic amines) is 1. The molecule has 4 nitrogen and oxygen atoms in total. The van der Waals surface area contributed by atoms with Crippen molar-refractivity contribution in [3.05, 3.63) is 35.4 Å². The number of carbonyl (C=O) groups is 2. The number of carbonyl (C=O) groups excluding carboxylic acids is 2. The van der Waals surface area contributed by atoms with Crippen LogP contribution in [0.25, 0.3) is 0 Å². The SMILES string of the molecule is Cc1ccccc1[C@@H](C)CC(=O)N1CCC2(CC1)CNC(=O)C2. The summed E-state index contributed by atoms with van der Waals surface area (Å²) in [7, 11) is 0. The fraction of sp³-hybridized carbons (Fsp3) is 0.579. The van der Waals surface area contributed by atoms with Gasteiger partial charge in [-0.1, -0.05) is 31.2 Å². The van der Waals surface area contributed by atoms with Crippen molar-refractivity contribution in [3.63, 3.8) is 0 Å². The van der Waals surface area contributed by atoms with Crippen molar-refractivity contribution in [1.82, 2.24) is 10.2 Å². The average Bonchev–Trinajstić information content (AvgIpc) is 2.89. The summed E-state index contributed by atoms with van der Waals surface area (Å²) in [6, 6.07) is 8.30. The van der Waals surface area contributed by atoms with Gasteiger partial charge >= 0.3 is 0 Å². The number of benzene rings is 1. The van der Waals surface area contributed by atoms with Crippen LogP contribution in [-0.2, 0) is 9.59 Å². The van der Waals surface area contributed by atoms with Gasteiger partial charge in [0.05, 0.1) is 0 Å². The van der Waals surface area contributed by atoms with Crippen LogP contribution in [0.1, 0.15) is 49.7 Å². The summed E-state index contributed by atoms with van der Waals surface area (Å²) in [5, 5.41) is 2.94. The molecule has 2 aliphatic rings. The van der Waals surface area contributed by atoms with E-state index < -0.39 is 0 Å². The number of piperidine rings is 1. The molecule has 0 radical (unpaired) electrons. The van der Waals surface area contributed by atoms with Gasteiger partial charge in [-0.05, 0) is 42.2 Å². The Morgan fingerprint density at radius 1 is 1.30 bits per heavy atom. The molecule has 2 aliphatic heterocycles. The minimum atomic E-state index is 0.107. The first kappa shape index (κ1) is 16.0. The van der Waals surface area contributed by atoms with Gasteiger partial charge in [-0.2, -0.15) is 0 Å². The van der Waals surface area contributed by atoms with Gasteiger partial charge in [0.1, 0.15) is 0 Å². The highest BCUT2D eigenvalue weighted by atomic mass is 16.2. The van der Waals surface area contributed by atoms with Crippen molar-refractivity contribution >= 4 is 11.8 Å². The van der Waals surface area contributed by atoms with E-state index in [1.807, 2.05) is 17.0 Å². The summed E-state index contributed by atoms with van der Waals surface area (Å²) in [4.78, 5) is 26.1. The van der Waals surface area contributed by atoms with Crippen LogP contribution in [0.3, 0.4) is 0 Å². The molecule has 1 spiro atoms. The molecule has 2 heterocycles. The van der Waals surface area contributed by atoms with Crippen LogP contribution >= 0.6 is 0 Å². The Morgan fingerprint density at radius 2 is 2.00 bits per heavy atom. The second kappa shape index (κ2) is 6.34. The fourth-order valence-electron chi connectivity index (χ4n) is 3.98. The third-order valence-corrected chi connectivity index (χ3v) is 5.57. The molecule has 3 rings (SSSR count). The van der Waals surface area contributed by atoms with Crippen molar-refractivity contribution in [1.29, 1.82) is 0 Å². The van der Waals surface area contributed by atoms with Crippen molar-refractivity contribution < 1.29 is 9.59 Å². The Kier molecular flexibility index (Phi) is 4.42. The summed E-state index contributed by atoms with van der Waals surface area (Å²) in [5.74, 6) is 0.653. The second-order valence-electron chi connectivity index (χ2n) is 7.30. The number of nitrogens with zero attached hydrogens (tertiary/aromatic N) is 1. The monoisotopic (exact) mass is 314 g/mol. The predicted molar refractivity (Wildman–Crippen MR) is 90.1 cm³/mol. The first-order valence-corrected chi connectivity index (χ1v) is 8.59. The van der Waals surface area contributed by atoms with Crippen molar-refractivity contribution in [2.75, 3.05) is 19.6 Å². The molecule has 1 N–H and O–H groups in total. The topological polar surface area (TPSA) is 49.4 Å². The lowest BCUT2D eigenvalue weighted by Gasteiger charge is -2.38. The van der Waals surface area contributed by atoms with Crippen LogP contribution < -0.4 is 5.32 Å². The van der Waals surface area contributed by atoms with E-state index in [0.29, 0.717) is 12.8 Å². The lowest BCUT2D eigenvalue weighted by molar-refractivity contribution is -0.133. The maximum Gasteiger partial charge on any atom is 0.223 e. The zero-order valence-corrected chi connectivity index (χ0v) is 14.1. The number of hydrogen-bond acceptors (Lipinski definition) is 2. The van der Waals surface area contributed by atoms with Gasteiger partial charge in [0.2, 0.25) is 11.8 Å². The summed E-state index contributed by atoms with van der Waals surface area (Å²) in [6.07, 6.45) is 3.08. The van der Waals surface area contributed by atoms with E-state index in [4.69, 9.17) is 0 Å². The molecular weight excluding hydrogens is 288 g/mol. The van der Waals surface area contributed by atoms with Gasteiger partial charge in [-0.3, -0.25) is 9.59 Å². The first-order valence-electron chi connectivity index (χ1n) is 8.59. The van der Waals surface area contributed by atoms with Crippen LogP contribution in [-0.4, -0.2) is 36.3 Å². The molecule has 0 aliphatic carbocycles. The normalized spacial score (nSPS) is 21.3. The fourth-order valence-corrected chi connectivity index (χ4v) is 3.98. The number of aryl methyl sites for hydroxylation is 1. The standard InChI is InChI=1S/C19H26N2O2/c1-14-5-3-4-6-16(14)15(2)11-18(23)21-9-7-19(8-10-21)12-17(22)20-13-19/h3-6,15H,7-13H2,1-2H3,(H,20,22)/t15-/m0/s1. The molecule has 0 aromatic heterocycles. The molecule has 0 saturated carbocycles. The average molecular weight is 314 g/mol. The Morgan fingerprint density at radius 3 is 2.61 bits per heavy atom. The van der Waals surface area contributed by atoms with Crippen molar-refractivity contribution in [2.45, 2.75) is 45.4 Å². The Hall–Kier alpha value is -1.84. The lowest BCUT2D eigenvalue weighted by Crippen LogP contribution is -2.44. The van der Waals surface area contributed by atoms with Gasteiger partial charge < -0.3 is 10.2 Å². The minimum Gasteiger partial charge on any atom is -0.356 e. The summed E-state index contributed by atoms with van der Waals surface area (Å²) >= 11 is 0. The molecule has 1 atom stereocenters. The molecular formula is C19H26N2O2. The minimum absolute atomic E-state index is 0.107. The first-order chi connectivity index (χ1) is 11.0. The Balaban J connectivity index is 1.56. The number of nitrogens with one attached hydrogen (secondary N) is 1. The molecule has 23 heavy (non-hydrogen) atoms. The summed E-state index contributed by atoms with van der Waals surface area (Å²) in [5.41, 5.74) is 2.62. The quantitative estimate of drug-likeness (QED) is 0.932. The largest absolute Gasteiger partial charge is 0.356 e. The maximum absolute atomic E-state index is 12.6. The van der Waals surface area contributed by atoms with E-state index >= 15 is 0 Å². The molecule has 2 fully saturated rings. The molecule has 1 aromatic carbocycles. The highest BCUT2D eigenvalue weighted by Crippen LogP contribution is 2.37. The Bertz CT molecular complexity index is 603. The second-order valence-corrected chi connectivity index (χ2v) is 7.30. The molecule has 124 valence electrons. The van der Waals surface area contributed by atoms with Gasteiger partial charge in [-0.25, -0.2) is 0 Å². The van der Waals surface area contributed by atoms with Crippen molar-refractivity contribution in [2.24, 2.45) is 5.41 Å². The molecule has 4 heteroatoms. The highest BCUT2D eigenvalue weighted by Gasteiger charge is 2.41. The number of rotatable bonds is 3. The number of amides is 2. The van der Waals surface area contributed by atoms with Crippen molar-refractivity contribution in [3.8, 4) is 0 Å². The van der Waals surface area contributed by atoms with Gasteiger partial charge in [0, 0.05) is 32.5 Å². The maximum atomic E-state index is 12.6. The summed E-state index contributed by atoms with van der Waals surface area (Å²) in [6.45, 7) is 6.59. The third kappa shape index (κ3) is 3.41. The van der Waals surface area contributed by atoms with Crippen LogP contribution in [0.5, 0.6) is 0 Å². The van der Waals surface area contributed by atoms with E-state index in [9.17, 15) is 9.59 Å². The molecule has 2 saturated heterocycles. The van der Waals surface area contributed by atoms with E-state index in [-0.39, 0.29) is 23.1 Å². The van der Waals surface area contributed by atoms with Gasteiger partial charge in [0.15, 0.2) is 0 Å². The molecule has 2 amide bonds. The van der Waals surface area contributed by atoms with Crippen LogP contribution in [0.15, 0.2) is 24.3 Å². The third-order valence-electron chi connectivity index (χ3n) is 5.57. The Labute approximate surface area is 138 Å². The van der Waals surface area contributed by atoms with Gasteiger partial charge in [-0.15, -0.1) is 0 Å². The zero-order chi connectivity index (χ0) is 16.4. The van der Waals surface area contributed by atoms with Crippen LogP contribution in [0, 0.1) is 12.3 Å². The summed E-state index contributed by atoms with van der Waals surface area (Å²) < 4.78 is 0. The van der Waals surface area contributed by atoms with Gasteiger partial charge in [0.25, 0.3) is 0 Å². The number of hydrogen-bond donors (Lipinski definition) is 1. The molecule has 0 unspecified atom stereocenters. The van der Waals surface area contributed by atoms with Crippen LogP contribution in [0.2, 0.25) is 0 Å². The molecule has 1 aromatic rings. The van der Waals surface area contributed by atoms with Crippen LogP contribution in [0.4, 0.5) is 0 Å². The smallest absolute Gasteiger partial charge is 0.223 e. The van der Waals surface area contributed by atoms with E-state index in [1.54, 1.807) is 0 Å².